The van der Waals surface area contributed by atoms with Crippen LogP contribution in [0, 0.1) is 5.92 Å². The fraction of sp³-hybridized carbons (Fsp3) is 0.533. The van der Waals surface area contributed by atoms with Crippen molar-refractivity contribution in [3.05, 3.63) is 35.4 Å². The van der Waals surface area contributed by atoms with E-state index in [9.17, 15) is 4.79 Å². The van der Waals surface area contributed by atoms with Crippen molar-refractivity contribution in [1.82, 2.24) is 5.32 Å². The number of hydrogen-bond donors (Lipinski definition) is 2. The van der Waals surface area contributed by atoms with Crippen LogP contribution in [0.4, 0.5) is 0 Å². The quantitative estimate of drug-likeness (QED) is 0.742. The summed E-state index contributed by atoms with van der Waals surface area (Å²) in [5.74, 6) is 0.397. The van der Waals surface area contributed by atoms with Gasteiger partial charge in [-0.3, -0.25) is 4.79 Å². The zero-order chi connectivity index (χ0) is 13.4. The molecule has 0 bridgehead atoms. The maximum absolute atomic E-state index is 11.1. The van der Waals surface area contributed by atoms with Gasteiger partial charge in [0.1, 0.15) is 0 Å². The molecule has 1 rings (SSSR count). The highest BCUT2D eigenvalue weighted by Gasteiger charge is 2.07. The minimum absolute atomic E-state index is 0.348. The number of primary amides is 1. The Morgan fingerprint density at radius 2 is 2.17 bits per heavy atom. The van der Waals surface area contributed by atoms with E-state index < -0.39 is 0 Å². The van der Waals surface area contributed by atoms with Crippen molar-refractivity contribution in [3.63, 3.8) is 0 Å². The van der Waals surface area contributed by atoms with Crippen molar-refractivity contribution in [2.45, 2.75) is 32.6 Å². The Bertz CT molecular complexity index is 377. The van der Waals surface area contributed by atoms with Crippen LogP contribution in [0.3, 0.4) is 0 Å². The lowest BCUT2D eigenvalue weighted by atomic mass is 9.93. The molecule has 3 N–H and O–H groups in total. The molecule has 100 valence electrons. The standard InChI is InChI=1S/C15H24N2O/c1-3-12(9-10-17-2)7-8-13-5-4-6-14(11-13)15(16)18/h4-6,11-12,17H,3,7-10H2,1-2H3,(H2,16,18). The smallest absolute Gasteiger partial charge is 0.248 e. The Hall–Kier alpha value is -1.35. The summed E-state index contributed by atoms with van der Waals surface area (Å²) in [4.78, 5) is 11.1. The van der Waals surface area contributed by atoms with Crippen LogP contribution in [-0.2, 0) is 6.42 Å². The molecule has 0 radical (unpaired) electrons. The van der Waals surface area contributed by atoms with Gasteiger partial charge < -0.3 is 11.1 Å². The van der Waals surface area contributed by atoms with Crippen LogP contribution >= 0.6 is 0 Å². The van der Waals surface area contributed by atoms with E-state index in [0.29, 0.717) is 5.56 Å². The lowest BCUT2D eigenvalue weighted by Crippen LogP contribution is -2.14. The zero-order valence-electron chi connectivity index (χ0n) is 11.4. The molecule has 1 aromatic carbocycles. The third kappa shape index (κ3) is 4.88. The number of aryl methyl sites for hydroxylation is 1. The number of benzene rings is 1. The number of hydrogen-bond acceptors (Lipinski definition) is 2. The number of rotatable bonds is 8. The molecule has 0 saturated heterocycles. The molecule has 1 atom stereocenters. The molecule has 3 nitrogen and oxygen atoms in total. The van der Waals surface area contributed by atoms with E-state index in [-0.39, 0.29) is 5.91 Å². The van der Waals surface area contributed by atoms with Crippen molar-refractivity contribution < 1.29 is 4.79 Å². The van der Waals surface area contributed by atoms with E-state index in [1.54, 1.807) is 6.07 Å². The number of amides is 1. The fourth-order valence-corrected chi connectivity index (χ4v) is 2.15. The van der Waals surface area contributed by atoms with Crippen LogP contribution in [-0.4, -0.2) is 19.5 Å². The molecule has 0 fully saturated rings. The number of nitrogens with one attached hydrogen (secondary N) is 1. The number of carbonyl (C=O) groups is 1. The average Bonchev–Trinajstić information content (AvgIpc) is 2.39. The Labute approximate surface area is 110 Å². The van der Waals surface area contributed by atoms with Crippen LogP contribution in [0.1, 0.15) is 42.1 Å². The molecule has 1 unspecified atom stereocenters. The van der Waals surface area contributed by atoms with Gasteiger partial charge in [-0.25, -0.2) is 0 Å². The lowest BCUT2D eigenvalue weighted by Gasteiger charge is -2.14. The summed E-state index contributed by atoms with van der Waals surface area (Å²) >= 11 is 0. The molecule has 0 saturated carbocycles. The molecular formula is C15H24N2O. The van der Waals surface area contributed by atoms with E-state index in [2.05, 4.69) is 18.3 Å². The highest BCUT2D eigenvalue weighted by Crippen LogP contribution is 2.17. The fourth-order valence-electron chi connectivity index (χ4n) is 2.15. The minimum atomic E-state index is -0.348. The molecule has 0 aromatic heterocycles. The third-order valence-corrected chi connectivity index (χ3v) is 3.43. The minimum Gasteiger partial charge on any atom is -0.366 e. The Morgan fingerprint density at radius 3 is 2.78 bits per heavy atom. The zero-order valence-corrected chi connectivity index (χ0v) is 11.4. The second kappa shape index (κ2) is 7.88. The predicted molar refractivity (Wildman–Crippen MR) is 75.6 cm³/mol. The van der Waals surface area contributed by atoms with Gasteiger partial charge in [0.15, 0.2) is 0 Å². The SMILES string of the molecule is CCC(CCNC)CCc1cccc(C(N)=O)c1. The molecule has 0 aliphatic heterocycles. The van der Waals surface area contributed by atoms with Gasteiger partial charge in [-0.05, 0) is 56.5 Å². The third-order valence-electron chi connectivity index (χ3n) is 3.43. The van der Waals surface area contributed by atoms with Gasteiger partial charge in [-0.15, -0.1) is 0 Å². The van der Waals surface area contributed by atoms with Crippen molar-refractivity contribution in [2.24, 2.45) is 11.7 Å². The molecule has 0 aliphatic carbocycles. The molecule has 1 amide bonds. The first-order valence-electron chi connectivity index (χ1n) is 6.70. The Morgan fingerprint density at radius 1 is 1.39 bits per heavy atom. The van der Waals surface area contributed by atoms with Gasteiger partial charge >= 0.3 is 0 Å². The molecule has 0 heterocycles. The molecule has 18 heavy (non-hydrogen) atoms. The maximum atomic E-state index is 11.1. The largest absolute Gasteiger partial charge is 0.366 e. The van der Waals surface area contributed by atoms with Gasteiger partial charge in [-0.1, -0.05) is 25.5 Å². The lowest BCUT2D eigenvalue weighted by molar-refractivity contribution is 0.1000. The molecule has 0 spiro atoms. The first-order valence-corrected chi connectivity index (χ1v) is 6.70. The summed E-state index contributed by atoms with van der Waals surface area (Å²) < 4.78 is 0. The highest BCUT2D eigenvalue weighted by molar-refractivity contribution is 5.92. The maximum Gasteiger partial charge on any atom is 0.248 e. The summed E-state index contributed by atoms with van der Waals surface area (Å²) in [7, 11) is 1.99. The average molecular weight is 248 g/mol. The van der Waals surface area contributed by atoms with E-state index >= 15 is 0 Å². The van der Waals surface area contributed by atoms with Crippen LogP contribution in [0.25, 0.3) is 0 Å². The Balaban J connectivity index is 2.51. The summed E-state index contributed by atoms with van der Waals surface area (Å²) in [5, 5.41) is 3.19. The van der Waals surface area contributed by atoms with Crippen molar-refractivity contribution in [1.29, 1.82) is 0 Å². The topological polar surface area (TPSA) is 55.1 Å². The molecule has 0 aliphatic rings. The second-order valence-electron chi connectivity index (χ2n) is 4.77. The van der Waals surface area contributed by atoms with Crippen LogP contribution < -0.4 is 11.1 Å². The molecular weight excluding hydrogens is 224 g/mol. The second-order valence-corrected chi connectivity index (χ2v) is 4.77. The van der Waals surface area contributed by atoms with Gasteiger partial charge in [0.2, 0.25) is 5.91 Å². The summed E-state index contributed by atoms with van der Waals surface area (Å²) in [6, 6.07) is 7.65. The first kappa shape index (κ1) is 14.7. The summed E-state index contributed by atoms with van der Waals surface area (Å²) in [6.07, 6.45) is 4.60. The Kier molecular flexibility index (Phi) is 6.44. The predicted octanol–water partition coefficient (Wildman–Crippen LogP) is 2.35. The van der Waals surface area contributed by atoms with Crippen molar-refractivity contribution in [2.75, 3.05) is 13.6 Å². The van der Waals surface area contributed by atoms with Gasteiger partial charge in [-0.2, -0.15) is 0 Å². The number of carbonyl (C=O) groups excluding carboxylic acids is 1. The van der Waals surface area contributed by atoms with Gasteiger partial charge in [0.05, 0.1) is 0 Å². The van der Waals surface area contributed by atoms with E-state index in [1.165, 1.54) is 24.8 Å². The van der Waals surface area contributed by atoms with Gasteiger partial charge in [0, 0.05) is 5.56 Å². The summed E-state index contributed by atoms with van der Waals surface area (Å²) in [5.41, 5.74) is 7.09. The van der Waals surface area contributed by atoms with Crippen LogP contribution in [0.15, 0.2) is 24.3 Å². The molecule has 1 aromatic rings. The first-order chi connectivity index (χ1) is 8.67. The van der Waals surface area contributed by atoms with E-state index in [4.69, 9.17) is 5.73 Å². The summed E-state index contributed by atoms with van der Waals surface area (Å²) in [6.45, 7) is 3.31. The van der Waals surface area contributed by atoms with E-state index in [0.717, 1.165) is 18.9 Å². The van der Waals surface area contributed by atoms with Crippen LogP contribution in [0.2, 0.25) is 0 Å². The normalized spacial score (nSPS) is 12.3. The molecule has 3 heteroatoms. The van der Waals surface area contributed by atoms with Crippen LogP contribution in [0.5, 0.6) is 0 Å². The monoisotopic (exact) mass is 248 g/mol. The van der Waals surface area contributed by atoms with Crippen molar-refractivity contribution >= 4 is 5.91 Å². The number of nitrogens with two attached hydrogens (primary N) is 1. The highest BCUT2D eigenvalue weighted by atomic mass is 16.1. The van der Waals surface area contributed by atoms with E-state index in [1.807, 2.05) is 19.2 Å². The van der Waals surface area contributed by atoms with Gasteiger partial charge in [0.25, 0.3) is 0 Å². The van der Waals surface area contributed by atoms with Crippen molar-refractivity contribution in [3.8, 4) is 0 Å².